The van der Waals surface area contributed by atoms with Crippen LogP contribution < -0.4 is 5.11 Å². The fraction of sp³-hybridized carbons (Fsp3) is 0.750. The molecule has 0 heterocycles. The normalized spacial score (nSPS) is 11.2. The molecule has 0 spiro atoms. The largest absolute Gasteiger partial charge is 0.550 e. The van der Waals surface area contributed by atoms with Crippen LogP contribution >= 0.6 is 0 Å². The SMILES string of the molecule is C[N+](C)(CCC(=O)[O-])CCC(=O)O. The van der Waals surface area contributed by atoms with Crippen molar-refractivity contribution >= 4 is 11.9 Å². The highest BCUT2D eigenvalue weighted by Crippen LogP contribution is 2.00. The van der Waals surface area contributed by atoms with E-state index in [2.05, 4.69) is 0 Å². The van der Waals surface area contributed by atoms with E-state index in [-0.39, 0.29) is 12.8 Å². The Kier molecular flexibility index (Phi) is 4.40. The van der Waals surface area contributed by atoms with Gasteiger partial charge in [-0.15, -0.1) is 0 Å². The van der Waals surface area contributed by atoms with Crippen molar-refractivity contribution in [3.05, 3.63) is 0 Å². The molecule has 0 rings (SSSR count). The number of aliphatic carboxylic acids is 2. The van der Waals surface area contributed by atoms with Gasteiger partial charge >= 0.3 is 5.97 Å². The molecule has 76 valence electrons. The van der Waals surface area contributed by atoms with Crippen LogP contribution in [0.25, 0.3) is 0 Å². The van der Waals surface area contributed by atoms with Gasteiger partial charge in [0.15, 0.2) is 0 Å². The van der Waals surface area contributed by atoms with Crippen molar-refractivity contribution in [2.24, 2.45) is 0 Å². The van der Waals surface area contributed by atoms with Gasteiger partial charge in [0.05, 0.1) is 33.6 Å². The van der Waals surface area contributed by atoms with Crippen LogP contribution in [-0.2, 0) is 9.59 Å². The molecule has 0 saturated carbocycles. The Bertz CT molecular complexity index is 180. The molecule has 5 heteroatoms. The molecule has 0 aromatic rings. The zero-order valence-electron chi connectivity index (χ0n) is 7.95. The molecule has 0 bridgehead atoms. The van der Waals surface area contributed by atoms with Crippen molar-refractivity contribution in [2.75, 3.05) is 27.2 Å². The molecule has 5 nitrogen and oxygen atoms in total. The van der Waals surface area contributed by atoms with Gasteiger partial charge in [0.25, 0.3) is 0 Å². The van der Waals surface area contributed by atoms with Crippen molar-refractivity contribution in [3.63, 3.8) is 0 Å². The number of hydrogen-bond acceptors (Lipinski definition) is 3. The van der Waals surface area contributed by atoms with Crippen molar-refractivity contribution in [1.29, 1.82) is 0 Å². The standard InChI is InChI=1S/C8H15NO4/c1-9(2,5-3-7(10)11)6-4-8(12)13/h3-6H2,1-2H3,(H-,10,11,12,13). The Morgan fingerprint density at radius 2 is 1.69 bits per heavy atom. The number of carboxylic acid groups (broad SMARTS) is 2. The average molecular weight is 189 g/mol. The topological polar surface area (TPSA) is 77.4 Å². The highest BCUT2D eigenvalue weighted by Gasteiger charge is 2.16. The molecule has 0 amide bonds. The molecule has 0 aliphatic rings. The van der Waals surface area contributed by atoms with Crippen molar-refractivity contribution in [3.8, 4) is 0 Å². The fourth-order valence-corrected chi connectivity index (χ4v) is 0.904. The summed E-state index contributed by atoms with van der Waals surface area (Å²) in [7, 11) is 3.60. The molecule has 0 aromatic carbocycles. The molecular formula is C8H15NO4. The predicted octanol–water partition coefficient (Wildman–Crippen LogP) is -1.32. The number of carbonyl (C=O) groups excluding carboxylic acids is 1. The van der Waals surface area contributed by atoms with E-state index in [0.29, 0.717) is 17.6 Å². The summed E-state index contributed by atoms with van der Waals surface area (Å²) >= 11 is 0. The summed E-state index contributed by atoms with van der Waals surface area (Å²) in [5, 5.41) is 18.6. The lowest BCUT2D eigenvalue weighted by atomic mass is 10.3. The van der Waals surface area contributed by atoms with Gasteiger partial charge in [-0.25, -0.2) is 0 Å². The number of rotatable bonds is 6. The Morgan fingerprint density at radius 1 is 1.23 bits per heavy atom. The molecular weight excluding hydrogens is 174 g/mol. The van der Waals surface area contributed by atoms with Crippen LogP contribution in [0.1, 0.15) is 12.8 Å². The lowest BCUT2D eigenvalue weighted by molar-refractivity contribution is -0.889. The molecule has 0 fully saturated rings. The smallest absolute Gasteiger partial charge is 0.309 e. The van der Waals surface area contributed by atoms with Gasteiger partial charge in [-0.3, -0.25) is 4.79 Å². The quantitative estimate of drug-likeness (QED) is 0.525. The maximum absolute atomic E-state index is 10.2. The van der Waals surface area contributed by atoms with Gasteiger partial charge in [-0.1, -0.05) is 0 Å². The fourth-order valence-electron chi connectivity index (χ4n) is 0.904. The highest BCUT2D eigenvalue weighted by molar-refractivity contribution is 5.66. The summed E-state index contributed by atoms with van der Waals surface area (Å²) in [4.78, 5) is 20.4. The maximum Gasteiger partial charge on any atom is 0.309 e. The maximum atomic E-state index is 10.2. The number of carboxylic acids is 2. The Morgan fingerprint density at radius 3 is 2.08 bits per heavy atom. The molecule has 0 aliphatic heterocycles. The van der Waals surface area contributed by atoms with Crippen LogP contribution in [0, 0.1) is 0 Å². The summed E-state index contributed by atoms with van der Waals surface area (Å²) in [6.07, 6.45) is 0.0205. The third-order valence-corrected chi connectivity index (χ3v) is 1.85. The lowest BCUT2D eigenvalue weighted by Crippen LogP contribution is -2.44. The van der Waals surface area contributed by atoms with Crippen LogP contribution in [0.15, 0.2) is 0 Å². The summed E-state index contributed by atoms with van der Waals surface area (Å²) in [5.74, 6) is -1.96. The van der Waals surface area contributed by atoms with Crippen LogP contribution in [0.5, 0.6) is 0 Å². The molecule has 0 aromatic heterocycles. The molecule has 0 unspecified atom stereocenters. The highest BCUT2D eigenvalue weighted by atomic mass is 16.4. The zero-order chi connectivity index (χ0) is 10.5. The average Bonchev–Trinajstić information content (AvgIpc) is 1.98. The van der Waals surface area contributed by atoms with Crippen LogP contribution in [0.3, 0.4) is 0 Å². The number of nitrogens with zero attached hydrogens (tertiary/aromatic N) is 1. The predicted molar refractivity (Wildman–Crippen MR) is 43.7 cm³/mol. The van der Waals surface area contributed by atoms with Crippen molar-refractivity contribution < 1.29 is 24.3 Å². The van der Waals surface area contributed by atoms with E-state index in [1.165, 1.54) is 0 Å². The van der Waals surface area contributed by atoms with Crippen LogP contribution in [-0.4, -0.2) is 48.7 Å². The lowest BCUT2D eigenvalue weighted by Gasteiger charge is -2.29. The van der Waals surface area contributed by atoms with Gasteiger partial charge in [-0.2, -0.15) is 0 Å². The number of carbonyl (C=O) groups is 2. The van der Waals surface area contributed by atoms with E-state index in [4.69, 9.17) is 5.11 Å². The molecule has 0 saturated heterocycles. The summed E-state index contributed by atoms with van der Waals surface area (Å²) in [6, 6.07) is 0. The molecule has 0 aliphatic carbocycles. The zero-order valence-corrected chi connectivity index (χ0v) is 7.95. The Labute approximate surface area is 77.2 Å². The second kappa shape index (κ2) is 4.81. The van der Waals surface area contributed by atoms with Gasteiger partial charge in [-0.05, 0) is 0 Å². The first-order chi connectivity index (χ1) is 5.83. The Balaban J connectivity index is 3.79. The first-order valence-electron chi connectivity index (χ1n) is 4.07. The van der Waals surface area contributed by atoms with Gasteiger partial charge in [0.1, 0.15) is 0 Å². The van der Waals surface area contributed by atoms with E-state index in [9.17, 15) is 14.7 Å². The van der Waals surface area contributed by atoms with E-state index in [1.54, 1.807) is 14.1 Å². The summed E-state index contributed by atoms with van der Waals surface area (Å²) in [5.41, 5.74) is 0. The molecule has 0 atom stereocenters. The molecule has 0 radical (unpaired) electrons. The van der Waals surface area contributed by atoms with E-state index >= 15 is 0 Å². The summed E-state index contributed by atoms with van der Waals surface area (Å²) < 4.78 is 0.389. The van der Waals surface area contributed by atoms with Crippen molar-refractivity contribution in [2.45, 2.75) is 12.8 Å². The first-order valence-corrected chi connectivity index (χ1v) is 4.07. The minimum absolute atomic E-state index is 0.0351. The summed E-state index contributed by atoms with van der Waals surface area (Å²) in [6.45, 7) is 0.832. The third kappa shape index (κ3) is 7.27. The van der Waals surface area contributed by atoms with Crippen molar-refractivity contribution in [1.82, 2.24) is 0 Å². The third-order valence-electron chi connectivity index (χ3n) is 1.85. The minimum atomic E-state index is -1.10. The second-order valence-electron chi connectivity index (χ2n) is 3.65. The number of hydrogen-bond donors (Lipinski definition) is 1. The monoisotopic (exact) mass is 189 g/mol. The van der Waals surface area contributed by atoms with E-state index < -0.39 is 11.9 Å². The number of quaternary nitrogens is 1. The molecule has 1 N–H and O–H groups in total. The molecule has 13 heavy (non-hydrogen) atoms. The van der Waals surface area contributed by atoms with Gasteiger partial charge in [0.2, 0.25) is 0 Å². The van der Waals surface area contributed by atoms with E-state index in [1.807, 2.05) is 0 Å². The second-order valence-corrected chi connectivity index (χ2v) is 3.65. The Hall–Kier alpha value is -1.10. The van der Waals surface area contributed by atoms with Crippen LogP contribution in [0.2, 0.25) is 0 Å². The first kappa shape index (κ1) is 11.9. The van der Waals surface area contributed by atoms with Gasteiger partial charge < -0.3 is 19.5 Å². The minimum Gasteiger partial charge on any atom is -0.550 e. The van der Waals surface area contributed by atoms with E-state index in [0.717, 1.165) is 0 Å². The van der Waals surface area contributed by atoms with Crippen LogP contribution in [0.4, 0.5) is 0 Å². The van der Waals surface area contributed by atoms with Gasteiger partial charge in [0, 0.05) is 12.4 Å².